The van der Waals surface area contributed by atoms with Gasteiger partial charge in [0.15, 0.2) is 0 Å². The highest BCUT2D eigenvalue weighted by Crippen LogP contribution is 2.46. The molecule has 3 nitrogen and oxygen atoms in total. The molecule has 0 atom stereocenters. The lowest BCUT2D eigenvalue weighted by atomic mass is 9.62. The first-order valence-corrected chi connectivity index (χ1v) is 6.24. The van der Waals surface area contributed by atoms with Gasteiger partial charge in [0, 0.05) is 12.6 Å². The van der Waals surface area contributed by atoms with Crippen molar-refractivity contribution in [3.63, 3.8) is 0 Å². The zero-order chi connectivity index (χ0) is 12.3. The van der Waals surface area contributed by atoms with Gasteiger partial charge in [0.25, 0.3) is 0 Å². The van der Waals surface area contributed by atoms with Crippen LogP contribution in [0.3, 0.4) is 0 Å². The predicted molar refractivity (Wildman–Crippen MR) is 69.9 cm³/mol. The van der Waals surface area contributed by atoms with Crippen molar-refractivity contribution >= 4 is 11.6 Å². The van der Waals surface area contributed by atoms with Crippen LogP contribution in [0.5, 0.6) is 0 Å². The number of hydrogen-bond acceptors (Lipinski definition) is 2. The summed E-state index contributed by atoms with van der Waals surface area (Å²) in [5.41, 5.74) is 8.24. The van der Waals surface area contributed by atoms with Crippen molar-refractivity contribution in [3.05, 3.63) is 29.8 Å². The van der Waals surface area contributed by atoms with Crippen LogP contribution in [0.25, 0.3) is 0 Å². The Morgan fingerprint density at radius 2 is 2.00 bits per heavy atom. The SMILES string of the molecule is CC(=O)Nc1ccc(C2(CCN)CCC2)cc1. The minimum absolute atomic E-state index is 0.0296. The van der Waals surface area contributed by atoms with Crippen LogP contribution in [0.4, 0.5) is 5.69 Å². The molecule has 0 unspecified atom stereocenters. The van der Waals surface area contributed by atoms with E-state index in [1.807, 2.05) is 12.1 Å². The van der Waals surface area contributed by atoms with E-state index in [-0.39, 0.29) is 5.91 Å². The van der Waals surface area contributed by atoms with Gasteiger partial charge in [-0.1, -0.05) is 18.6 Å². The quantitative estimate of drug-likeness (QED) is 0.837. The van der Waals surface area contributed by atoms with Gasteiger partial charge in [-0.25, -0.2) is 0 Å². The Kier molecular flexibility index (Phi) is 3.48. The van der Waals surface area contributed by atoms with Gasteiger partial charge in [-0.3, -0.25) is 4.79 Å². The first-order valence-electron chi connectivity index (χ1n) is 6.24. The molecular formula is C14H20N2O. The van der Waals surface area contributed by atoms with E-state index in [0.717, 1.165) is 18.7 Å². The van der Waals surface area contributed by atoms with Crippen molar-refractivity contribution in [2.45, 2.75) is 38.0 Å². The van der Waals surface area contributed by atoms with Gasteiger partial charge in [-0.2, -0.15) is 0 Å². The first kappa shape index (κ1) is 12.1. The van der Waals surface area contributed by atoms with Crippen molar-refractivity contribution in [1.82, 2.24) is 0 Å². The highest BCUT2D eigenvalue weighted by Gasteiger charge is 2.37. The molecule has 0 heterocycles. The topological polar surface area (TPSA) is 55.1 Å². The summed E-state index contributed by atoms with van der Waals surface area (Å²) in [6, 6.07) is 8.21. The van der Waals surface area contributed by atoms with Crippen LogP contribution in [0.2, 0.25) is 0 Å². The average molecular weight is 232 g/mol. The van der Waals surface area contributed by atoms with Crippen LogP contribution >= 0.6 is 0 Å². The number of nitrogens with two attached hydrogens (primary N) is 1. The monoisotopic (exact) mass is 232 g/mol. The van der Waals surface area contributed by atoms with Crippen molar-refractivity contribution in [2.75, 3.05) is 11.9 Å². The fourth-order valence-electron chi connectivity index (χ4n) is 2.67. The summed E-state index contributed by atoms with van der Waals surface area (Å²) >= 11 is 0. The van der Waals surface area contributed by atoms with Crippen molar-refractivity contribution in [1.29, 1.82) is 0 Å². The molecule has 0 aromatic heterocycles. The van der Waals surface area contributed by atoms with Crippen molar-refractivity contribution in [3.8, 4) is 0 Å². The molecule has 0 radical (unpaired) electrons. The van der Waals surface area contributed by atoms with E-state index < -0.39 is 0 Å². The van der Waals surface area contributed by atoms with E-state index in [2.05, 4.69) is 17.4 Å². The van der Waals surface area contributed by atoms with Gasteiger partial charge in [-0.15, -0.1) is 0 Å². The van der Waals surface area contributed by atoms with Crippen LogP contribution in [-0.4, -0.2) is 12.5 Å². The molecule has 1 amide bonds. The first-order chi connectivity index (χ1) is 8.16. The maximum Gasteiger partial charge on any atom is 0.221 e. The Balaban J connectivity index is 2.13. The number of carbonyl (C=O) groups excluding carboxylic acids is 1. The van der Waals surface area contributed by atoms with Gasteiger partial charge in [0.2, 0.25) is 5.91 Å². The lowest BCUT2D eigenvalue weighted by molar-refractivity contribution is -0.114. The number of nitrogens with one attached hydrogen (secondary N) is 1. The Bertz CT molecular complexity index is 393. The fourth-order valence-corrected chi connectivity index (χ4v) is 2.67. The van der Waals surface area contributed by atoms with E-state index in [0.29, 0.717) is 5.41 Å². The van der Waals surface area contributed by atoms with Gasteiger partial charge < -0.3 is 11.1 Å². The second-order valence-corrected chi connectivity index (χ2v) is 4.93. The summed E-state index contributed by atoms with van der Waals surface area (Å²) in [5, 5.41) is 2.79. The highest BCUT2D eigenvalue weighted by atomic mass is 16.1. The molecule has 0 spiro atoms. The predicted octanol–water partition coefficient (Wildman–Crippen LogP) is 2.42. The normalized spacial score (nSPS) is 17.3. The standard InChI is InChI=1S/C14H20N2O/c1-11(17)16-13-5-3-12(4-6-13)14(9-10-15)7-2-8-14/h3-6H,2,7-10,15H2,1H3,(H,16,17). The van der Waals surface area contributed by atoms with Crippen LogP contribution < -0.4 is 11.1 Å². The molecule has 3 heteroatoms. The molecule has 0 saturated heterocycles. The molecule has 1 fully saturated rings. The summed E-state index contributed by atoms with van der Waals surface area (Å²) < 4.78 is 0. The number of carbonyl (C=O) groups is 1. The molecule has 0 bridgehead atoms. The third-order valence-corrected chi connectivity index (χ3v) is 3.75. The number of rotatable bonds is 4. The van der Waals surface area contributed by atoms with Crippen LogP contribution in [0.15, 0.2) is 24.3 Å². The number of benzene rings is 1. The summed E-state index contributed by atoms with van der Waals surface area (Å²) in [6.07, 6.45) is 4.84. The van der Waals surface area contributed by atoms with E-state index in [9.17, 15) is 4.79 Å². The van der Waals surface area contributed by atoms with Gasteiger partial charge >= 0.3 is 0 Å². The minimum Gasteiger partial charge on any atom is -0.330 e. The van der Waals surface area contributed by atoms with Crippen LogP contribution in [-0.2, 0) is 10.2 Å². The molecule has 1 aliphatic rings. The molecule has 1 saturated carbocycles. The van der Waals surface area contributed by atoms with Gasteiger partial charge in [0.1, 0.15) is 0 Å². The molecule has 2 rings (SSSR count). The molecule has 17 heavy (non-hydrogen) atoms. The number of amides is 1. The van der Waals surface area contributed by atoms with Crippen molar-refractivity contribution in [2.24, 2.45) is 5.73 Å². The fraction of sp³-hybridized carbons (Fsp3) is 0.500. The van der Waals surface area contributed by atoms with Crippen LogP contribution in [0, 0.1) is 0 Å². The third kappa shape index (κ3) is 2.50. The Morgan fingerprint density at radius 3 is 2.41 bits per heavy atom. The van der Waals surface area contributed by atoms with Crippen molar-refractivity contribution < 1.29 is 4.79 Å². The second-order valence-electron chi connectivity index (χ2n) is 4.93. The molecule has 92 valence electrons. The Hall–Kier alpha value is -1.35. The van der Waals surface area contributed by atoms with E-state index in [4.69, 9.17) is 5.73 Å². The van der Waals surface area contributed by atoms with E-state index in [1.54, 1.807) is 0 Å². The maximum absolute atomic E-state index is 10.9. The number of hydrogen-bond donors (Lipinski definition) is 2. The largest absolute Gasteiger partial charge is 0.330 e. The minimum atomic E-state index is -0.0296. The lowest BCUT2D eigenvalue weighted by Gasteiger charge is -2.42. The van der Waals surface area contributed by atoms with E-state index >= 15 is 0 Å². The highest BCUT2D eigenvalue weighted by molar-refractivity contribution is 5.88. The average Bonchev–Trinajstić information content (AvgIpc) is 2.24. The smallest absolute Gasteiger partial charge is 0.221 e. The summed E-state index contributed by atoms with van der Waals surface area (Å²) in [7, 11) is 0. The maximum atomic E-state index is 10.9. The Morgan fingerprint density at radius 1 is 1.35 bits per heavy atom. The molecule has 0 aliphatic heterocycles. The Labute approximate surface area is 102 Å². The lowest BCUT2D eigenvalue weighted by Crippen LogP contribution is -2.36. The number of anilines is 1. The molecule has 1 aliphatic carbocycles. The second kappa shape index (κ2) is 4.88. The van der Waals surface area contributed by atoms with Gasteiger partial charge in [-0.05, 0) is 48.9 Å². The summed E-state index contributed by atoms with van der Waals surface area (Å²) in [4.78, 5) is 10.9. The summed E-state index contributed by atoms with van der Waals surface area (Å²) in [6.45, 7) is 2.27. The molecule has 3 N–H and O–H groups in total. The van der Waals surface area contributed by atoms with Gasteiger partial charge in [0.05, 0.1) is 0 Å². The zero-order valence-electron chi connectivity index (χ0n) is 10.3. The third-order valence-electron chi connectivity index (χ3n) is 3.75. The van der Waals surface area contributed by atoms with E-state index in [1.165, 1.54) is 31.7 Å². The zero-order valence-corrected chi connectivity index (χ0v) is 10.3. The van der Waals surface area contributed by atoms with Crippen LogP contribution in [0.1, 0.15) is 38.2 Å². The summed E-state index contributed by atoms with van der Waals surface area (Å²) in [5.74, 6) is -0.0296. The molecule has 1 aromatic carbocycles. The molecule has 1 aromatic rings. The molecular weight excluding hydrogens is 212 g/mol.